The average molecular weight is 547 g/mol. The monoisotopic (exact) mass is 546 g/mol. The lowest BCUT2D eigenvalue weighted by molar-refractivity contribution is 0.240. The van der Waals surface area contributed by atoms with Gasteiger partial charge in [-0.1, -0.05) is 42.5 Å². The summed E-state index contributed by atoms with van der Waals surface area (Å²) in [5.74, 6) is 1.53. The van der Waals surface area contributed by atoms with Crippen LogP contribution >= 0.6 is 0 Å². The highest BCUT2D eigenvalue weighted by Crippen LogP contribution is 2.32. The summed E-state index contributed by atoms with van der Waals surface area (Å²) in [5.41, 5.74) is 4.24. The number of anilines is 4. The Morgan fingerprint density at radius 1 is 0.951 bits per heavy atom. The van der Waals surface area contributed by atoms with Crippen LogP contribution in [0, 0.1) is 11.3 Å². The number of hydrogen-bond acceptors (Lipinski definition) is 6. The molecule has 41 heavy (non-hydrogen) atoms. The lowest BCUT2D eigenvalue weighted by atomic mass is 9.90. The smallest absolute Gasteiger partial charge is 0.322 e. The van der Waals surface area contributed by atoms with Gasteiger partial charge in [-0.15, -0.1) is 0 Å². The van der Waals surface area contributed by atoms with Gasteiger partial charge in [-0.2, -0.15) is 5.26 Å². The first kappa shape index (κ1) is 27.5. The molecular weight excluding hydrogens is 512 g/mol. The Hall–Kier alpha value is -5.03. The first-order chi connectivity index (χ1) is 20.1. The van der Waals surface area contributed by atoms with Crippen molar-refractivity contribution in [3.8, 4) is 11.8 Å². The van der Waals surface area contributed by atoms with Crippen LogP contribution in [0.4, 0.5) is 27.7 Å². The molecule has 0 bridgehead atoms. The van der Waals surface area contributed by atoms with Gasteiger partial charge in [0.25, 0.3) is 0 Å². The lowest BCUT2D eigenvalue weighted by Crippen LogP contribution is -2.48. The number of amides is 2. The van der Waals surface area contributed by atoms with Crippen molar-refractivity contribution in [1.29, 1.82) is 5.26 Å². The maximum atomic E-state index is 13.6. The van der Waals surface area contributed by atoms with Crippen molar-refractivity contribution in [3.63, 3.8) is 0 Å². The van der Waals surface area contributed by atoms with Crippen molar-refractivity contribution in [3.05, 3.63) is 108 Å². The second-order valence-corrected chi connectivity index (χ2v) is 10.1. The van der Waals surface area contributed by atoms with Crippen LogP contribution in [0.5, 0.6) is 5.75 Å². The van der Waals surface area contributed by atoms with E-state index in [0.717, 1.165) is 59.9 Å². The van der Waals surface area contributed by atoms with Gasteiger partial charge in [0, 0.05) is 36.2 Å². The predicted molar refractivity (Wildman–Crippen MR) is 162 cm³/mol. The molecule has 1 aliphatic carbocycles. The molecule has 0 unspecified atom stereocenters. The zero-order valence-corrected chi connectivity index (χ0v) is 23.1. The van der Waals surface area contributed by atoms with E-state index in [9.17, 15) is 4.79 Å². The molecule has 0 spiro atoms. The number of nitriles is 1. The molecule has 3 aromatic carbocycles. The second-order valence-electron chi connectivity index (χ2n) is 10.1. The molecular formula is C33H34N6O2. The molecule has 5 rings (SSSR count). The minimum absolute atomic E-state index is 0.0609. The maximum Gasteiger partial charge on any atom is 0.322 e. The van der Waals surface area contributed by atoms with Crippen LogP contribution in [0.1, 0.15) is 36.8 Å². The highest BCUT2D eigenvalue weighted by Gasteiger charge is 2.30. The van der Waals surface area contributed by atoms with E-state index in [-0.39, 0.29) is 18.1 Å². The van der Waals surface area contributed by atoms with E-state index in [1.807, 2.05) is 89.8 Å². The van der Waals surface area contributed by atoms with Gasteiger partial charge in [-0.05, 0) is 79.8 Å². The molecule has 0 aliphatic heterocycles. The molecule has 1 heterocycles. The number of rotatable bonds is 9. The lowest BCUT2D eigenvalue weighted by Gasteiger charge is -2.37. The van der Waals surface area contributed by atoms with E-state index in [1.54, 1.807) is 19.4 Å². The standard InChI is InChI=1S/C33H34N6O2/c1-41-31-10-6-5-9-30(31)37-26-12-16-28(17-13-26)39(33(40)36-22-24-7-3-2-4-8-24)29-18-14-27(15-19-29)38-32-20-11-25(21-34)23-35-32/h2-13,16-17,20,23,27,29,37H,14-15,18-19,22H2,1H3,(H,35,38)(H,36,40)/t27-,29-. The van der Waals surface area contributed by atoms with E-state index in [1.165, 1.54) is 0 Å². The minimum atomic E-state index is -0.107. The number of nitrogens with one attached hydrogen (secondary N) is 3. The van der Waals surface area contributed by atoms with Gasteiger partial charge in [0.1, 0.15) is 17.6 Å². The van der Waals surface area contributed by atoms with Crippen molar-refractivity contribution >= 4 is 28.9 Å². The third-order valence-corrected chi connectivity index (χ3v) is 7.34. The first-order valence-corrected chi connectivity index (χ1v) is 13.9. The number of hydrogen-bond donors (Lipinski definition) is 3. The number of pyridine rings is 1. The van der Waals surface area contributed by atoms with Crippen LogP contribution in [-0.2, 0) is 6.54 Å². The summed E-state index contributed by atoms with van der Waals surface area (Å²) < 4.78 is 5.46. The predicted octanol–water partition coefficient (Wildman–Crippen LogP) is 6.84. The third kappa shape index (κ3) is 7.14. The van der Waals surface area contributed by atoms with Gasteiger partial charge < -0.3 is 20.7 Å². The Labute approximate surface area is 241 Å². The zero-order valence-electron chi connectivity index (χ0n) is 23.1. The highest BCUT2D eigenvalue weighted by molar-refractivity contribution is 5.93. The maximum absolute atomic E-state index is 13.6. The number of benzene rings is 3. The number of para-hydroxylation sites is 2. The number of carbonyl (C=O) groups is 1. The Balaban J connectivity index is 1.29. The summed E-state index contributed by atoms with van der Waals surface area (Å²) in [6.07, 6.45) is 5.10. The van der Waals surface area contributed by atoms with Crippen molar-refractivity contribution < 1.29 is 9.53 Å². The summed E-state index contributed by atoms with van der Waals surface area (Å²) in [6, 6.07) is 31.6. The van der Waals surface area contributed by atoms with Crippen LogP contribution in [0.3, 0.4) is 0 Å². The van der Waals surface area contributed by atoms with Crippen LogP contribution in [0.15, 0.2) is 97.2 Å². The van der Waals surface area contributed by atoms with Crippen LogP contribution in [0.25, 0.3) is 0 Å². The highest BCUT2D eigenvalue weighted by atomic mass is 16.5. The van der Waals surface area contributed by atoms with Crippen molar-refractivity contribution in [2.45, 2.75) is 44.3 Å². The summed E-state index contributed by atoms with van der Waals surface area (Å²) in [4.78, 5) is 19.9. The van der Waals surface area contributed by atoms with Crippen molar-refractivity contribution in [2.75, 3.05) is 22.6 Å². The Bertz CT molecular complexity index is 1460. The zero-order chi connectivity index (χ0) is 28.4. The van der Waals surface area contributed by atoms with Crippen LogP contribution < -0.4 is 25.6 Å². The number of urea groups is 1. The fourth-order valence-electron chi connectivity index (χ4n) is 5.19. The molecule has 8 nitrogen and oxygen atoms in total. The Morgan fingerprint density at radius 3 is 2.37 bits per heavy atom. The van der Waals surface area contributed by atoms with E-state index in [2.05, 4.69) is 27.0 Å². The summed E-state index contributed by atoms with van der Waals surface area (Å²) in [6.45, 7) is 0.463. The number of ether oxygens (including phenoxy) is 1. The van der Waals surface area contributed by atoms with Gasteiger partial charge >= 0.3 is 6.03 Å². The number of carbonyl (C=O) groups excluding carboxylic acids is 1. The van der Waals surface area contributed by atoms with Gasteiger partial charge in [0.2, 0.25) is 0 Å². The molecule has 0 radical (unpaired) electrons. The fraction of sp³-hybridized carbons (Fsp3) is 0.242. The topological polar surface area (TPSA) is 102 Å². The van der Waals surface area contributed by atoms with Crippen LogP contribution in [0.2, 0.25) is 0 Å². The van der Waals surface area contributed by atoms with E-state index < -0.39 is 0 Å². The summed E-state index contributed by atoms with van der Waals surface area (Å²) in [7, 11) is 1.65. The summed E-state index contributed by atoms with van der Waals surface area (Å²) >= 11 is 0. The Kier molecular flexibility index (Phi) is 8.97. The van der Waals surface area contributed by atoms with E-state index in [0.29, 0.717) is 12.1 Å². The third-order valence-electron chi connectivity index (χ3n) is 7.34. The molecule has 4 aromatic rings. The minimum Gasteiger partial charge on any atom is -0.495 e. The first-order valence-electron chi connectivity index (χ1n) is 13.9. The molecule has 8 heteroatoms. The Morgan fingerprint density at radius 2 is 1.68 bits per heavy atom. The number of nitrogens with zero attached hydrogens (tertiary/aromatic N) is 3. The normalized spacial score (nSPS) is 16.2. The fourth-order valence-corrected chi connectivity index (χ4v) is 5.19. The molecule has 0 atom stereocenters. The SMILES string of the molecule is COc1ccccc1Nc1ccc(N(C(=O)NCc2ccccc2)[C@H]2CC[C@H](Nc3ccc(C#N)cn3)CC2)cc1. The van der Waals surface area contributed by atoms with Gasteiger partial charge in [-0.25, -0.2) is 9.78 Å². The number of methoxy groups -OCH3 is 1. The molecule has 1 saturated carbocycles. The van der Waals surface area contributed by atoms with Crippen molar-refractivity contribution in [1.82, 2.24) is 10.3 Å². The van der Waals surface area contributed by atoms with E-state index >= 15 is 0 Å². The largest absolute Gasteiger partial charge is 0.495 e. The second kappa shape index (κ2) is 13.4. The number of aromatic nitrogens is 1. The quantitative estimate of drug-likeness (QED) is 0.212. The molecule has 1 fully saturated rings. The molecule has 2 amide bonds. The molecule has 1 aromatic heterocycles. The summed E-state index contributed by atoms with van der Waals surface area (Å²) in [5, 5.41) is 19.0. The average Bonchev–Trinajstić information content (AvgIpc) is 3.03. The molecule has 208 valence electrons. The van der Waals surface area contributed by atoms with Crippen molar-refractivity contribution in [2.24, 2.45) is 0 Å². The molecule has 3 N–H and O–H groups in total. The van der Waals surface area contributed by atoms with Gasteiger partial charge in [-0.3, -0.25) is 4.90 Å². The van der Waals surface area contributed by atoms with E-state index in [4.69, 9.17) is 10.00 Å². The van der Waals surface area contributed by atoms with Gasteiger partial charge in [0.15, 0.2) is 0 Å². The molecule has 0 saturated heterocycles. The van der Waals surface area contributed by atoms with Crippen LogP contribution in [-0.4, -0.2) is 30.2 Å². The van der Waals surface area contributed by atoms with Gasteiger partial charge in [0.05, 0.1) is 18.4 Å². The molecule has 1 aliphatic rings.